The topological polar surface area (TPSA) is 84.1 Å². The van der Waals surface area contributed by atoms with Crippen LogP contribution in [0.3, 0.4) is 0 Å². The number of fused-ring (bicyclic) bond motifs is 2. The van der Waals surface area contributed by atoms with E-state index in [0.29, 0.717) is 5.39 Å². The first-order valence-corrected chi connectivity index (χ1v) is 8.70. The second-order valence-corrected chi connectivity index (χ2v) is 6.41. The van der Waals surface area contributed by atoms with Crippen molar-refractivity contribution in [2.24, 2.45) is 0 Å². The summed E-state index contributed by atoms with van der Waals surface area (Å²) >= 11 is 0. The molecule has 0 spiro atoms. The number of aromatic amines is 1. The Hall–Kier alpha value is -3.15. The van der Waals surface area contributed by atoms with Gasteiger partial charge in [-0.15, -0.1) is 0 Å². The minimum atomic E-state index is -0.610. The molecule has 6 nitrogen and oxygen atoms in total. The number of aromatic nitrogens is 2. The second-order valence-electron chi connectivity index (χ2n) is 6.41. The fraction of sp³-hybridized carbons (Fsp3) is 0.250. The maximum Gasteiger partial charge on any atom is 0.359 e. The Kier molecular flexibility index (Phi) is 4.39. The fourth-order valence-corrected chi connectivity index (χ4v) is 3.46. The Morgan fingerprint density at radius 3 is 2.88 bits per heavy atom. The van der Waals surface area contributed by atoms with E-state index in [1.54, 1.807) is 6.07 Å². The number of nitrogens with zero attached hydrogens (tertiary/aromatic N) is 1. The van der Waals surface area contributed by atoms with Gasteiger partial charge in [-0.25, -0.2) is 4.79 Å². The molecule has 0 bridgehead atoms. The summed E-state index contributed by atoms with van der Waals surface area (Å²) in [4.78, 5) is 24.5. The van der Waals surface area contributed by atoms with Crippen molar-refractivity contribution in [3.63, 3.8) is 0 Å². The minimum Gasteiger partial charge on any atom is -0.451 e. The van der Waals surface area contributed by atoms with Gasteiger partial charge in [0.2, 0.25) is 0 Å². The largest absolute Gasteiger partial charge is 0.451 e. The van der Waals surface area contributed by atoms with Crippen molar-refractivity contribution in [3.8, 4) is 0 Å². The van der Waals surface area contributed by atoms with Gasteiger partial charge in [-0.2, -0.15) is 5.10 Å². The molecule has 0 radical (unpaired) electrons. The number of rotatable bonds is 4. The number of aryl methyl sites for hydroxylation is 1. The lowest BCUT2D eigenvalue weighted by Gasteiger charge is -2.26. The van der Waals surface area contributed by atoms with E-state index in [1.165, 1.54) is 5.56 Å². The first kappa shape index (κ1) is 16.3. The minimum absolute atomic E-state index is 0.0302. The Labute approximate surface area is 150 Å². The lowest BCUT2D eigenvalue weighted by Crippen LogP contribution is -2.34. The molecule has 1 aliphatic rings. The van der Waals surface area contributed by atoms with Crippen LogP contribution in [0.5, 0.6) is 0 Å². The zero-order valence-corrected chi connectivity index (χ0v) is 14.2. The van der Waals surface area contributed by atoms with E-state index < -0.39 is 5.97 Å². The molecule has 1 heterocycles. The molecule has 26 heavy (non-hydrogen) atoms. The van der Waals surface area contributed by atoms with Crippen molar-refractivity contribution >= 4 is 22.8 Å². The van der Waals surface area contributed by atoms with Crippen LogP contribution in [0, 0.1) is 0 Å². The number of amides is 1. The van der Waals surface area contributed by atoms with Gasteiger partial charge in [0.05, 0.1) is 11.6 Å². The average Bonchev–Trinajstić information content (AvgIpc) is 3.11. The van der Waals surface area contributed by atoms with Gasteiger partial charge in [0.25, 0.3) is 5.91 Å². The molecular formula is C20H19N3O3. The van der Waals surface area contributed by atoms with E-state index in [-0.39, 0.29) is 24.2 Å². The summed E-state index contributed by atoms with van der Waals surface area (Å²) in [6.07, 6.45) is 2.95. The van der Waals surface area contributed by atoms with E-state index in [9.17, 15) is 9.59 Å². The van der Waals surface area contributed by atoms with Crippen molar-refractivity contribution in [2.45, 2.75) is 25.3 Å². The summed E-state index contributed by atoms with van der Waals surface area (Å²) in [5, 5.41) is 10.4. The molecule has 1 amide bonds. The molecule has 1 atom stereocenters. The third-order valence-corrected chi connectivity index (χ3v) is 4.70. The zero-order chi connectivity index (χ0) is 17.9. The molecule has 0 unspecified atom stereocenters. The number of carbonyl (C=O) groups excluding carboxylic acids is 2. The van der Waals surface area contributed by atoms with Crippen LogP contribution in [0.15, 0.2) is 48.5 Å². The van der Waals surface area contributed by atoms with Gasteiger partial charge in [0.15, 0.2) is 12.3 Å². The summed E-state index contributed by atoms with van der Waals surface area (Å²) in [7, 11) is 0. The first-order chi connectivity index (χ1) is 12.7. The molecule has 1 aliphatic carbocycles. The summed E-state index contributed by atoms with van der Waals surface area (Å²) in [6.45, 7) is -0.321. The first-order valence-electron chi connectivity index (χ1n) is 8.70. The average molecular weight is 349 g/mol. The number of H-pyrrole nitrogens is 1. The molecule has 0 saturated heterocycles. The SMILES string of the molecule is O=C(COC(=O)c1n[nH]c2ccccc12)N[C@H]1CCCc2ccccc21. The van der Waals surface area contributed by atoms with Crippen molar-refractivity contribution in [1.82, 2.24) is 15.5 Å². The summed E-state index contributed by atoms with van der Waals surface area (Å²) in [6, 6.07) is 15.4. The van der Waals surface area contributed by atoms with Crippen LogP contribution in [0.4, 0.5) is 0 Å². The van der Waals surface area contributed by atoms with Gasteiger partial charge in [0, 0.05) is 5.39 Å². The van der Waals surface area contributed by atoms with Crippen LogP contribution in [0.1, 0.15) is 40.5 Å². The third kappa shape index (κ3) is 3.18. The Morgan fingerprint density at radius 2 is 1.96 bits per heavy atom. The number of carbonyl (C=O) groups is 2. The molecule has 6 heteroatoms. The molecule has 0 saturated carbocycles. The Morgan fingerprint density at radius 1 is 1.15 bits per heavy atom. The molecule has 3 aromatic rings. The smallest absolute Gasteiger partial charge is 0.359 e. The monoisotopic (exact) mass is 349 g/mol. The van der Waals surface area contributed by atoms with Crippen molar-refractivity contribution < 1.29 is 14.3 Å². The number of hydrogen-bond donors (Lipinski definition) is 2. The van der Waals surface area contributed by atoms with Crippen molar-refractivity contribution in [1.29, 1.82) is 0 Å². The number of esters is 1. The lowest BCUT2D eigenvalue weighted by molar-refractivity contribution is -0.125. The standard InChI is InChI=1S/C20H19N3O3/c24-18(21-16-11-5-7-13-6-1-2-8-14(13)16)12-26-20(25)19-15-9-3-4-10-17(15)22-23-19/h1-4,6,8-10,16H,5,7,11-12H2,(H,21,24)(H,22,23)/t16-/m0/s1. The van der Waals surface area contributed by atoms with E-state index in [4.69, 9.17) is 4.74 Å². The van der Waals surface area contributed by atoms with Crippen molar-refractivity contribution in [3.05, 3.63) is 65.4 Å². The number of nitrogens with one attached hydrogen (secondary N) is 2. The van der Waals surface area contributed by atoms with Crippen LogP contribution in [0.2, 0.25) is 0 Å². The molecule has 0 aliphatic heterocycles. The third-order valence-electron chi connectivity index (χ3n) is 4.70. The molecule has 2 aromatic carbocycles. The predicted octanol–water partition coefficient (Wildman–Crippen LogP) is 2.91. The van der Waals surface area contributed by atoms with Gasteiger partial charge in [0.1, 0.15) is 0 Å². The number of ether oxygens (including phenoxy) is 1. The molecule has 0 fully saturated rings. The highest BCUT2D eigenvalue weighted by Gasteiger charge is 2.22. The van der Waals surface area contributed by atoms with Gasteiger partial charge in [-0.05, 0) is 36.5 Å². The summed E-state index contributed by atoms with van der Waals surface area (Å²) < 4.78 is 5.15. The maximum atomic E-state index is 12.2. The summed E-state index contributed by atoms with van der Waals surface area (Å²) in [5.41, 5.74) is 3.36. The van der Waals surface area contributed by atoms with Crippen LogP contribution in [-0.2, 0) is 16.0 Å². The molecule has 4 rings (SSSR count). The highest BCUT2D eigenvalue weighted by molar-refractivity contribution is 6.02. The summed E-state index contributed by atoms with van der Waals surface area (Å²) in [5.74, 6) is -0.915. The van der Waals surface area contributed by atoms with Crippen LogP contribution in [0.25, 0.3) is 10.9 Å². The molecule has 2 N–H and O–H groups in total. The van der Waals surface area contributed by atoms with E-state index >= 15 is 0 Å². The highest BCUT2D eigenvalue weighted by atomic mass is 16.5. The van der Waals surface area contributed by atoms with E-state index in [2.05, 4.69) is 21.6 Å². The normalized spacial score (nSPS) is 16.1. The van der Waals surface area contributed by atoms with Crippen LogP contribution >= 0.6 is 0 Å². The number of hydrogen-bond acceptors (Lipinski definition) is 4. The van der Waals surface area contributed by atoms with Crippen LogP contribution < -0.4 is 5.32 Å². The van der Waals surface area contributed by atoms with Gasteiger partial charge in [-0.1, -0.05) is 42.5 Å². The second kappa shape index (κ2) is 7.00. The predicted molar refractivity (Wildman–Crippen MR) is 96.6 cm³/mol. The van der Waals surface area contributed by atoms with E-state index in [1.807, 2.05) is 36.4 Å². The van der Waals surface area contributed by atoms with Gasteiger partial charge in [-0.3, -0.25) is 9.89 Å². The van der Waals surface area contributed by atoms with E-state index in [0.717, 1.165) is 30.3 Å². The molecule has 1 aromatic heterocycles. The lowest BCUT2D eigenvalue weighted by atomic mass is 9.88. The quantitative estimate of drug-likeness (QED) is 0.709. The fourth-order valence-electron chi connectivity index (χ4n) is 3.46. The Bertz CT molecular complexity index is 964. The zero-order valence-electron chi connectivity index (χ0n) is 14.2. The number of benzene rings is 2. The van der Waals surface area contributed by atoms with Crippen LogP contribution in [-0.4, -0.2) is 28.7 Å². The Balaban J connectivity index is 1.38. The van der Waals surface area contributed by atoms with Crippen molar-refractivity contribution in [2.75, 3.05) is 6.61 Å². The number of para-hydroxylation sites is 1. The molecule has 132 valence electrons. The van der Waals surface area contributed by atoms with Gasteiger partial charge < -0.3 is 10.1 Å². The van der Waals surface area contributed by atoms with Gasteiger partial charge >= 0.3 is 5.97 Å². The highest BCUT2D eigenvalue weighted by Crippen LogP contribution is 2.29. The maximum absolute atomic E-state index is 12.2. The molecular weight excluding hydrogens is 330 g/mol.